The minimum Gasteiger partial charge on any atom is -0.387 e. The van der Waals surface area contributed by atoms with E-state index in [2.05, 4.69) is 15.0 Å². The lowest BCUT2D eigenvalue weighted by Crippen LogP contribution is -2.42. The van der Waals surface area contributed by atoms with E-state index < -0.39 is 49.9 Å². The minimum atomic E-state index is -4.85. The predicted molar refractivity (Wildman–Crippen MR) is 85.8 cm³/mol. The molecule has 12 nitrogen and oxygen atoms in total. The Hall–Kier alpha value is -1.66. The Labute approximate surface area is 146 Å². The van der Waals surface area contributed by atoms with Gasteiger partial charge in [0.2, 0.25) is 0 Å². The fourth-order valence-corrected chi connectivity index (χ4v) is 3.64. The number of phosphoric ester groups is 1. The Kier molecular flexibility index (Phi) is 5.01. The fraction of sp³-hybridized carbons (Fsp3) is 0.615. The summed E-state index contributed by atoms with van der Waals surface area (Å²) in [5.74, 6) is -0.436. The van der Waals surface area contributed by atoms with Crippen molar-refractivity contribution in [2.75, 3.05) is 0 Å². The Morgan fingerprint density at radius 1 is 1.31 bits per heavy atom. The van der Waals surface area contributed by atoms with Crippen molar-refractivity contribution in [2.24, 2.45) is 5.92 Å². The Bertz CT molecular complexity index is 892. The second kappa shape index (κ2) is 6.82. The Balaban J connectivity index is 1.95. The molecule has 2 aromatic rings. The first-order valence-corrected chi connectivity index (χ1v) is 9.29. The molecule has 1 aliphatic heterocycles. The van der Waals surface area contributed by atoms with E-state index in [-0.39, 0.29) is 11.2 Å². The summed E-state index contributed by atoms with van der Waals surface area (Å²) in [6, 6.07) is 0. The van der Waals surface area contributed by atoms with Gasteiger partial charge in [-0.25, -0.2) is 14.5 Å². The van der Waals surface area contributed by atoms with Crippen LogP contribution in [0.15, 0.2) is 17.4 Å². The second-order valence-corrected chi connectivity index (χ2v) is 7.52. The summed E-state index contributed by atoms with van der Waals surface area (Å²) >= 11 is 0. The molecule has 0 saturated carbocycles. The lowest BCUT2D eigenvalue weighted by Gasteiger charge is -2.28. The first-order chi connectivity index (χ1) is 12.1. The van der Waals surface area contributed by atoms with E-state index in [1.54, 1.807) is 13.8 Å². The average molecular weight is 390 g/mol. The molecule has 3 heterocycles. The number of rotatable bonds is 5. The molecule has 0 bridgehead atoms. The number of H-pyrrole nitrogens is 1. The molecule has 0 aromatic carbocycles. The molecule has 2 aromatic heterocycles. The molecule has 5 N–H and O–H groups in total. The summed E-state index contributed by atoms with van der Waals surface area (Å²) in [6.45, 7) is 3.26. The molecule has 0 spiro atoms. The van der Waals surface area contributed by atoms with Crippen molar-refractivity contribution in [1.82, 2.24) is 19.5 Å². The maximum atomic E-state index is 11.7. The maximum Gasteiger partial charge on any atom is 0.469 e. The molecule has 3 rings (SSSR count). The summed E-state index contributed by atoms with van der Waals surface area (Å²) in [4.78, 5) is 40.2. The average Bonchev–Trinajstić information content (AvgIpc) is 3.08. The van der Waals surface area contributed by atoms with E-state index in [4.69, 9.17) is 19.0 Å². The van der Waals surface area contributed by atoms with Gasteiger partial charge in [-0.15, -0.1) is 0 Å². The number of hydrogen-bond acceptors (Lipinski definition) is 8. The quantitative estimate of drug-likeness (QED) is 0.392. The largest absolute Gasteiger partial charge is 0.469 e. The number of nitrogens with zero attached hydrogens (tertiary/aromatic N) is 3. The lowest BCUT2D eigenvalue weighted by molar-refractivity contribution is -0.0933. The van der Waals surface area contributed by atoms with Gasteiger partial charge in [0.15, 0.2) is 17.4 Å². The molecular formula is C13H19N4O8P. The highest BCUT2D eigenvalue weighted by Gasteiger charge is 2.50. The smallest absolute Gasteiger partial charge is 0.387 e. The zero-order valence-electron chi connectivity index (χ0n) is 13.8. The van der Waals surface area contributed by atoms with Gasteiger partial charge in [0.05, 0.1) is 12.7 Å². The summed E-state index contributed by atoms with van der Waals surface area (Å²) < 4.78 is 22.9. The zero-order chi connectivity index (χ0) is 19.2. The lowest BCUT2D eigenvalue weighted by atomic mass is 9.97. The number of ether oxygens (including phenoxy) is 1. The normalized spacial score (nSPS) is 28.1. The van der Waals surface area contributed by atoms with Crippen molar-refractivity contribution in [1.29, 1.82) is 0 Å². The number of imidazole rings is 1. The van der Waals surface area contributed by atoms with Crippen molar-refractivity contribution >= 4 is 19.0 Å². The molecule has 26 heavy (non-hydrogen) atoms. The van der Waals surface area contributed by atoms with Crippen LogP contribution in [0.5, 0.6) is 0 Å². The standard InChI is InChI=1S/C13H19N4O8P/c1-5(2)9(25-26(21,22)23)10-7(18)8(19)13(24-10)17-4-16-6-11(17)14-3-15-12(6)20/h3-5,7-10,13,18-19H,1-2H3,(H,14,15,20)(H2,21,22,23)/t7-,8+,9?,10?,13+/m0/s1. The number of nitrogens with one attached hydrogen (secondary N) is 1. The van der Waals surface area contributed by atoms with Gasteiger partial charge < -0.3 is 29.7 Å². The van der Waals surface area contributed by atoms with Crippen LogP contribution in [0.2, 0.25) is 0 Å². The van der Waals surface area contributed by atoms with Gasteiger partial charge in [-0.05, 0) is 5.92 Å². The van der Waals surface area contributed by atoms with Crippen LogP contribution >= 0.6 is 7.82 Å². The van der Waals surface area contributed by atoms with E-state index in [1.165, 1.54) is 10.9 Å². The number of aromatic nitrogens is 4. The van der Waals surface area contributed by atoms with Crippen molar-refractivity contribution in [2.45, 2.75) is 44.5 Å². The first-order valence-electron chi connectivity index (χ1n) is 7.76. The van der Waals surface area contributed by atoms with Gasteiger partial charge in [-0.3, -0.25) is 13.9 Å². The van der Waals surface area contributed by atoms with Crippen LogP contribution in [0.3, 0.4) is 0 Å². The molecule has 0 amide bonds. The molecular weight excluding hydrogens is 371 g/mol. The molecule has 5 atom stereocenters. The summed E-state index contributed by atoms with van der Waals surface area (Å²) in [6.07, 6.45) is -4.14. The summed E-state index contributed by atoms with van der Waals surface area (Å²) in [5, 5.41) is 20.7. The van der Waals surface area contributed by atoms with Gasteiger partial charge in [-0.2, -0.15) is 0 Å². The molecule has 2 unspecified atom stereocenters. The zero-order valence-corrected chi connectivity index (χ0v) is 14.7. The maximum absolute atomic E-state index is 11.7. The molecule has 1 fully saturated rings. The van der Waals surface area contributed by atoms with Crippen LogP contribution in [0, 0.1) is 5.92 Å². The van der Waals surface area contributed by atoms with Crippen LogP contribution < -0.4 is 5.56 Å². The Morgan fingerprint density at radius 3 is 2.62 bits per heavy atom. The number of aliphatic hydroxyl groups is 2. The highest BCUT2D eigenvalue weighted by molar-refractivity contribution is 7.46. The summed E-state index contributed by atoms with van der Waals surface area (Å²) in [7, 11) is -4.85. The van der Waals surface area contributed by atoms with Crippen molar-refractivity contribution in [3.8, 4) is 0 Å². The van der Waals surface area contributed by atoms with Crippen LogP contribution in [0.4, 0.5) is 0 Å². The molecule has 0 radical (unpaired) electrons. The van der Waals surface area contributed by atoms with Crippen LogP contribution in [0.1, 0.15) is 20.1 Å². The Morgan fingerprint density at radius 2 is 2.00 bits per heavy atom. The molecule has 0 aliphatic carbocycles. The molecule has 13 heteroatoms. The predicted octanol–water partition coefficient (Wildman–Crippen LogP) is -1.13. The topological polar surface area (TPSA) is 180 Å². The highest BCUT2D eigenvalue weighted by Crippen LogP contribution is 2.43. The molecule has 1 saturated heterocycles. The van der Waals surface area contributed by atoms with E-state index in [9.17, 15) is 19.6 Å². The SMILES string of the molecule is CC(C)C(OP(=O)(O)O)C1O[C@@H](n2cnc3c(=O)[nH]cnc32)[C@H](O)[C@@H]1O. The molecule has 1 aliphatic rings. The van der Waals surface area contributed by atoms with E-state index >= 15 is 0 Å². The minimum absolute atomic E-state index is 0.0214. The van der Waals surface area contributed by atoms with Crippen molar-refractivity contribution in [3.63, 3.8) is 0 Å². The van der Waals surface area contributed by atoms with Gasteiger partial charge in [0.1, 0.15) is 24.4 Å². The van der Waals surface area contributed by atoms with E-state index in [0.29, 0.717) is 0 Å². The number of hydrogen-bond donors (Lipinski definition) is 5. The van der Waals surface area contributed by atoms with E-state index in [1.807, 2.05) is 0 Å². The third kappa shape index (κ3) is 3.45. The van der Waals surface area contributed by atoms with Gasteiger partial charge in [-0.1, -0.05) is 13.8 Å². The van der Waals surface area contributed by atoms with Crippen LogP contribution in [0.25, 0.3) is 11.2 Å². The fourth-order valence-electron chi connectivity index (χ4n) is 2.96. The first kappa shape index (κ1) is 19.1. The number of aliphatic hydroxyl groups excluding tert-OH is 2. The van der Waals surface area contributed by atoms with Gasteiger partial charge in [0.25, 0.3) is 5.56 Å². The van der Waals surface area contributed by atoms with Crippen molar-refractivity contribution in [3.05, 3.63) is 23.0 Å². The number of fused-ring (bicyclic) bond motifs is 1. The molecule has 144 valence electrons. The highest BCUT2D eigenvalue weighted by atomic mass is 31.2. The summed E-state index contributed by atoms with van der Waals surface area (Å²) in [5.41, 5.74) is -0.334. The third-order valence-corrected chi connectivity index (χ3v) is 4.67. The second-order valence-electron chi connectivity index (χ2n) is 6.33. The number of aromatic amines is 1. The van der Waals surface area contributed by atoms with E-state index in [0.717, 1.165) is 6.33 Å². The van der Waals surface area contributed by atoms with Crippen LogP contribution in [-0.4, -0.2) is 63.9 Å². The number of phosphoric acid groups is 1. The van der Waals surface area contributed by atoms with Gasteiger partial charge >= 0.3 is 7.82 Å². The van der Waals surface area contributed by atoms with Crippen LogP contribution in [-0.2, 0) is 13.8 Å². The van der Waals surface area contributed by atoms with Gasteiger partial charge in [0, 0.05) is 0 Å². The van der Waals surface area contributed by atoms with Crippen molar-refractivity contribution < 1.29 is 33.8 Å². The third-order valence-electron chi connectivity index (χ3n) is 4.15. The monoisotopic (exact) mass is 390 g/mol.